The maximum atomic E-state index is 12.0. The molecule has 1 amide bonds. The van der Waals surface area contributed by atoms with Crippen molar-refractivity contribution in [2.45, 2.75) is 44.1 Å². The molecule has 0 aromatic rings. The van der Waals surface area contributed by atoms with Gasteiger partial charge in [0.1, 0.15) is 0 Å². The summed E-state index contributed by atoms with van der Waals surface area (Å²) < 4.78 is 0. The topological polar surface area (TPSA) is 83.6 Å². The molecule has 96 valence electrons. The van der Waals surface area contributed by atoms with Gasteiger partial charge in [-0.1, -0.05) is 0 Å². The third-order valence-corrected chi connectivity index (χ3v) is 3.98. The lowest BCUT2D eigenvalue weighted by Crippen LogP contribution is -2.52. The Morgan fingerprint density at radius 1 is 1.35 bits per heavy atom. The molecule has 0 aromatic heterocycles. The molecule has 1 saturated heterocycles. The fourth-order valence-electron chi connectivity index (χ4n) is 2.63. The van der Waals surface area contributed by atoms with E-state index in [1.54, 1.807) is 4.90 Å². The lowest BCUT2D eigenvalue weighted by Gasteiger charge is -2.40. The van der Waals surface area contributed by atoms with Crippen LogP contribution in [0.2, 0.25) is 0 Å². The molecule has 1 saturated carbocycles. The number of likely N-dealkylation sites (tertiary alicyclic amines) is 1. The van der Waals surface area contributed by atoms with Gasteiger partial charge in [0.15, 0.2) is 0 Å². The Labute approximate surface area is 101 Å². The van der Waals surface area contributed by atoms with Gasteiger partial charge >= 0.3 is 5.97 Å². The number of carbonyl (C=O) groups excluding carboxylic acids is 1. The summed E-state index contributed by atoms with van der Waals surface area (Å²) >= 11 is 0. The number of nitrogens with two attached hydrogens (primary N) is 1. The number of hydrogen-bond acceptors (Lipinski definition) is 3. The van der Waals surface area contributed by atoms with Crippen LogP contribution in [0.1, 0.15) is 38.5 Å². The predicted molar refractivity (Wildman–Crippen MR) is 62.3 cm³/mol. The van der Waals surface area contributed by atoms with Crippen molar-refractivity contribution in [1.29, 1.82) is 0 Å². The number of piperidine rings is 1. The van der Waals surface area contributed by atoms with Gasteiger partial charge in [-0.25, -0.2) is 0 Å². The van der Waals surface area contributed by atoms with Gasteiger partial charge in [0, 0.05) is 25.0 Å². The van der Waals surface area contributed by atoms with Crippen molar-refractivity contribution in [3.05, 3.63) is 0 Å². The smallest absolute Gasteiger partial charge is 0.308 e. The SMILES string of the molecule is NC1(CC(=O)N2CCCC(C(=O)O)C2)CCC1. The average Bonchev–Trinajstić information content (AvgIpc) is 2.27. The van der Waals surface area contributed by atoms with Crippen molar-refractivity contribution in [3.8, 4) is 0 Å². The summed E-state index contributed by atoms with van der Waals surface area (Å²) in [7, 11) is 0. The van der Waals surface area contributed by atoms with E-state index in [0.717, 1.165) is 25.7 Å². The van der Waals surface area contributed by atoms with Crippen LogP contribution in [0.5, 0.6) is 0 Å². The Balaban J connectivity index is 1.88. The van der Waals surface area contributed by atoms with Gasteiger partial charge in [-0.15, -0.1) is 0 Å². The van der Waals surface area contributed by atoms with Crippen LogP contribution in [-0.2, 0) is 9.59 Å². The number of carboxylic acid groups (broad SMARTS) is 1. The van der Waals surface area contributed by atoms with Gasteiger partial charge in [0.2, 0.25) is 5.91 Å². The minimum absolute atomic E-state index is 0.0261. The van der Waals surface area contributed by atoms with E-state index in [-0.39, 0.29) is 11.4 Å². The zero-order valence-electron chi connectivity index (χ0n) is 10.0. The normalized spacial score (nSPS) is 27.4. The fraction of sp³-hybridized carbons (Fsp3) is 0.833. The number of aliphatic carboxylic acids is 1. The number of carbonyl (C=O) groups is 2. The number of rotatable bonds is 3. The average molecular weight is 240 g/mol. The standard InChI is InChI=1S/C12H20N2O3/c13-12(4-2-5-12)7-10(15)14-6-1-3-9(8-14)11(16)17/h9H,1-8,13H2,(H,16,17). The van der Waals surface area contributed by atoms with Gasteiger partial charge in [-0.05, 0) is 32.1 Å². The van der Waals surface area contributed by atoms with Crippen molar-refractivity contribution in [2.75, 3.05) is 13.1 Å². The lowest BCUT2D eigenvalue weighted by atomic mass is 9.75. The summed E-state index contributed by atoms with van der Waals surface area (Å²) in [6, 6.07) is 0. The van der Waals surface area contributed by atoms with Gasteiger partial charge in [0.05, 0.1) is 5.92 Å². The van der Waals surface area contributed by atoms with Crippen LogP contribution in [0.25, 0.3) is 0 Å². The van der Waals surface area contributed by atoms with E-state index in [4.69, 9.17) is 10.8 Å². The molecule has 2 rings (SSSR count). The molecule has 3 N–H and O–H groups in total. The number of hydrogen-bond donors (Lipinski definition) is 2. The largest absolute Gasteiger partial charge is 0.481 e. The van der Waals surface area contributed by atoms with Crippen molar-refractivity contribution < 1.29 is 14.7 Å². The Kier molecular flexibility index (Phi) is 3.38. The fourth-order valence-corrected chi connectivity index (χ4v) is 2.63. The van der Waals surface area contributed by atoms with Gasteiger partial charge < -0.3 is 15.7 Å². The van der Waals surface area contributed by atoms with E-state index in [1.807, 2.05) is 0 Å². The monoisotopic (exact) mass is 240 g/mol. The summed E-state index contributed by atoms with van der Waals surface area (Å²) in [5.74, 6) is -1.17. The third-order valence-electron chi connectivity index (χ3n) is 3.98. The molecule has 0 radical (unpaired) electrons. The van der Waals surface area contributed by atoms with E-state index < -0.39 is 11.9 Å². The maximum absolute atomic E-state index is 12.0. The molecule has 1 atom stereocenters. The van der Waals surface area contributed by atoms with E-state index in [0.29, 0.717) is 25.9 Å². The van der Waals surface area contributed by atoms with Crippen LogP contribution in [0.4, 0.5) is 0 Å². The van der Waals surface area contributed by atoms with Crippen LogP contribution >= 0.6 is 0 Å². The Morgan fingerprint density at radius 3 is 2.59 bits per heavy atom. The quantitative estimate of drug-likeness (QED) is 0.756. The Morgan fingerprint density at radius 2 is 2.06 bits per heavy atom. The van der Waals surface area contributed by atoms with E-state index in [9.17, 15) is 9.59 Å². The summed E-state index contributed by atoms with van der Waals surface area (Å²) in [4.78, 5) is 24.6. The molecule has 1 aliphatic carbocycles. The molecule has 2 fully saturated rings. The molecule has 0 bridgehead atoms. The molecule has 5 heteroatoms. The summed E-state index contributed by atoms with van der Waals surface area (Å²) in [5.41, 5.74) is 5.73. The number of nitrogens with zero attached hydrogens (tertiary/aromatic N) is 1. The first-order valence-corrected chi connectivity index (χ1v) is 6.30. The Hall–Kier alpha value is -1.10. The summed E-state index contributed by atoms with van der Waals surface area (Å²) in [6.07, 6.45) is 4.75. The first-order chi connectivity index (χ1) is 8.00. The highest BCUT2D eigenvalue weighted by molar-refractivity contribution is 5.79. The first-order valence-electron chi connectivity index (χ1n) is 6.30. The molecule has 1 heterocycles. The van der Waals surface area contributed by atoms with E-state index >= 15 is 0 Å². The van der Waals surface area contributed by atoms with Crippen LogP contribution in [-0.4, -0.2) is 40.5 Å². The molecule has 5 nitrogen and oxygen atoms in total. The summed E-state index contributed by atoms with van der Waals surface area (Å²) in [6.45, 7) is 1.03. The zero-order chi connectivity index (χ0) is 12.5. The molecule has 17 heavy (non-hydrogen) atoms. The lowest BCUT2D eigenvalue weighted by molar-refractivity contribution is -0.146. The molecule has 0 spiro atoms. The maximum Gasteiger partial charge on any atom is 0.308 e. The van der Waals surface area contributed by atoms with Crippen LogP contribution < -0.4 is 5.73 Å². The minimum Gasteiger partial charge on any atom is -0.481 e. The first kappa shape index (κ1) is 12.4. The second-order valence-electron chi connectivity index (χ2n) is 5.41. The molecular weight excluding hydrogens is 220 g/mol. The van der Waals surface area contributed by atoms with Crippen molar-refractivity contribution in [2.24, 2.45) is 11.7 Å². The van der Waals surface area contributed by atoms with Gasteiger partial charge in [0.25, 0.3) is 0 Å². The molecule has 2 aliphatic rings. The molecule has 1 aliphatic heterocycles. The number of amides is 1. The predicted octanol–water partition coefficient (Wildman–Crippen LogP) is 0.581. The second kappa shape index (κ2) is 4.64. The van der Waals surface area contributed by atoms with Gasteiger partial charge in [-0.3, -0.25) is 9.59 Å². The van der Waals surface area contributed by atoms with Crippen molar-refractivity contribution >= 4 is 11.9 Å². The highest BCUT2D eigenvalue weighted by atomic mass is 16.4. The highest BCUT2D eigenvalue weighted by Gasteiger charge is 2.37. The second-order valence-corrected chi connectivity index (χ2v) is 5.41. The van der Waals surface area contributed by atoms with Crippen LogP contribution in [0.15, 0.2) is 0 Å². The summed E-state index contributed by atoms with van der Waals surface area (Å²) in [5, 5.41) is 8.97. The van der Waals surface area contributed by atoms with Crippen molar-refractivity contribution in [1.82, 2.24) is 4.90 Å². The van der Waals surface area contributed by atoms with Crippen LogP contribution in [0, 0.1) is 5.92 Å². The van der Waals surface area contributed by atoms with Crippen molar-refractivity contribution in [3.63, 3.8) is 0 Å². The van der Waals surface area contributed by atoms with Gasteiger partial charge in [-0.2, -0.15) is 0 Å². The minimum atomic E-state index is -0.798. The molecule has 0 aromatic carbocycles. The van der Waals surface area contributed by atoms with Crippen LogP contribution in [0.3, 0.4) is 0 Å². The zero-order valence-corrected chi connectivity index (χ0v) is 10.0. The van der Waals surface area contributed by atoms with E-state index in [1.165, 1.54) is 0 Å². The number of carboxylic acids is 1. The third kappa shape index (κ3) is 2.77. The van der Waals surface area contributed by atoms with E-state index in [2.05, 4.69) is 0 Å². The molecular formula is C12H20N2O3. The molecule has 1 unspecified atom stereocenters. The Bertz CT molecular complexity index is 326. The highest BCUT2D eigenvalue weighted by Crippen LogP contribution is 2.33.